The molecule has 0 radical (unpaired) electrons. The number of anilines is 2. The number of rotatable bonds is 1. The Bertz CT molecular complexity index is 396. The van der Waals surface area contributed by atoms with E-state index in [-0.39, 0.29) is 0 Å². The summed E-state index contributed by atoms with van der Waals surface area (Å²) in [5.41, 5.74) is 2.65. The largest absolute Gasteiger partial charge is 0.383 e. The Morgan fingerprint density at radius 2 is 1.82 bits per heavy atom. The predicted octanol–water partition coefficient (Wildman–Crippen LogP) is 4.23. The van der Waals surface area contributed by atoms with Crippen LogP contribution in [0.3, 0.4) is 0 Å². The molecule has 1 heterocycles. The first-order valence-electron chi connectivity index (χ1n) is 6.21. The van der Waals surface area contributed by atoms with Crippen LogP contribution >= 0.6 is 11.6 Å². The van der Waals surface area contributed by atoms with Crippen LogP contribution in [0.25, 0.3) is 0 Å². The lowest BCUT2D eigenvalue weighted by atomic mass is 9.84. The Balaban J connectivity index is 2.06. The number of halogens is 1. The number of fused-ring (bicyclic) bond motifs is 1. The fourth-order valence-electron chi connectivity index (χ4n) is 2.41. The third kappa shape index (κ3) is 3.53. The molecule has 17 heavy (non-hydrogen) atoms. The zero-order valence-electron chi connectivity index (χ0n) is 10.8. The lowest BCUT2D eigenvalue weighted by Crippen LogP contribution is -2.24. The smallest absolute Gasteiger partial charge is 0.0591 e. The van der Waals surface area contributed by atoms with Crippen molar-refractivity contribution in [3.05, 3.63) is 23.2 Å². The van der Waals surface area contributed by atoms with Gasteiger partial charge in [-0.3, -0.25) is 0 Å². The van der Waals surface area contributed by atoms with Crippen LogP contribution in [-0.4, -0.2) is 13.1 Å². The number of nitrogens with one attached hydrogen (secondary N) is 2. The highest BCUT2D eigenvalue weighted by molar-refractivity contribution is 6.31. The molecule has 2 N–H and O–H groups in total. The first-order chi connectivity index (χ1) is 7.94. The van der Waals surface area contributed by atoms with Gasteiger partial charge in [-0.15, -0.1) is 0 Å². The van der Waals surface area contributed by atoms with E-state index in [2.05, 4.69) is 31.4 Å². The van der Waals surface area contributed by atoms with Crippen molar-refractivity contribution in [2.75, 3.05) is 23.7 Å². The molecule has 1 atom stereocenters. The van der Waals surface area contributed by atoms with E-state index in [1.54, 1.807) is 0 Å². The first-order valence-corrected chi connectivity index (χ1v) is 6.59. The van der Waals surface area contributed by atoms with E-state index in [0.717, 1.165) is 29.5 Å². The van der Waals surface area contributed by atoms with Crippen molar-refractivity contribution in [3.63, 3.8) is 0 Å². The highest BCUT2D eigenvalue weighted by atomic mass is 35.5. The minimum absolute atomic E-state index is 0.377. The maximum Gasteiger partial charge on any atom is 0.0591 e. The minimum Gasteiger partial charge on any atom is -0.383 e. The van der Waals surface area contributed by atoms with Crippen LogP contribution in [0.1, 0.15) is 27.2 Å². The lowest BCUT2D eigenvalue weighted by molar-refractivity contribution is 0.310. The molecule has 0 spiro atoms. The van der Waals surface area contributed by atoms with Crippen molar-refractivity contribution >= 4 is 23.0 Å². The summed E-state index contributed by atoms with van der Waals surface area (Å²) in [5, 5.41) is 7.78. The van der Waals surface area contributed by atoms with Gasteiger partial charge in [0.05, 0.1) is 11.4 Å². The quantitative estimate of drug-likeness (QED) is 0.782. The number of hydrogen-bond acceptors (Lipinski definition) is 2. The Morgan fingerprint density at radius 3 is 2.47 bits per heavy atom. The van der Waals surface area contributed by atoms with E-state index in [4.69, 9.17) is 11.6 Å². The topological polar surface area (TPSA) is 24.1 Å². The van der Waals surface area contributed by atoms with E-state index in [1.165, 1.54) is 6.42 Å². The van der Waals surface area contributed by atoms with Crippen molar-refractivity contribution in [3.8, 4) is 0 Å². The SMILES string of the molecule is CC(C)(C)CC1CNc2ccc(Cl)cc2NC1. The first kappa shape index (κ1) is 12.6. The molecule has 2 rings (SSSR count). The maximum atomic E-state index is 6.01. The van der Waals surface area contributed by atoms with Gasteiger partial charge in [0, 0.05) is 18.1 Å². The van der Waals surface area contributed by atoms with Gasteiger partial charge < -0.3 is 10.6 Å². The molecule has 1 aliphatic heterocycles. The molecule has 1 aliphatic rings. The predicted molar refractivity (Wildman–Crippen MR) is 76.0 cm³/mol. The average molecular weight is 253 g/mol. The van der Waals surface area contributed by atoms with Gasteiger partial charge in [0.15, 0.2) is 0 Å². The second-order valence-corrected chi connectivity index (χ2v) is 6.52. The van der Waals surface area contributed by atoms with E-state index in [0.29, 0.717) is 11.3 Å². The van der Waals surface area contributed by atoms with Crippen molar-refractivity contribution in [1.29, 1.82) is 0 Å². The maximum absolute atomic E-state index is 6.01. The van der Waals surface area contributed by atoms with Crippen molar-refractivity contribution in [2.24, 2.45) is 11.3 Å². The van der Waals surface area contributed by atoms with Crippen molar-refractivity contribution < 1.29 is 0 Å². The molecule has 0 amide bonds. The van der Waals surface area contributed by atoms with Crippen LogP contribution in [0.5, 0.6) is 0 Å². The Morgan fingerprint density at radius 1 is 1.18 bits per heavy atom. The third-order valence-corrected chi connectivity index (χ3v) is 3.28. The highest BCUT2D eigenvalue weighted by Crippen LogP contribution is 2.31. The van der Waals surface area contributed by atoms with E-state index < -0.39 is 0 Å². The summed E-state index contributed by atoms with van der Waals surface area (Å²) in [5.74, 6) is 0.654. The molecule has 0 aliphatic carbocycles. The second-order valence-electron chi connectivity index (χ2n) is 6.08. The molecule has 94 valence electrons. The monoisotopic (exact) mass is 252 g/mol. The van der Waals surface area contributed by atoms with Crippen molar-refractivity contribution in [2.45, 2.75) is 27.2 Å². The standard InChI is InChI=1S/C14H21ClN2/c1-14(2,3)7-10-8-16-12-5-4-11(15)6-13(12)17-9-10/h4-6,10,16-17H,7-9H2,1-3H3. The van der Waals surface area contributed by atoms with E-state index in [9.17, 15) is 0 Å². The normalized spacial score (nSPS) is 19.9. The van der Waals surface area contributed by atoms with Gasteiger partial charge in [-0.25, -0.2) is 0 Å². The Kier molecular flexibility index (Phi) is 3.53. The van der Waals surface area contributed by atoms with Crippen LogP contribution in [-0.2, 0) is 0 Å². The number of hydrogen-bond donors (Lipinski definition) is 2. The van der Waals surface area contributed by atoms with Crippen LogP contribution in [0.4, 0.5) is 11.4 Å². The summed E-state index contributed by atoms with van der Waals surface area (Å²) in [6, 6.07) is 5.96. The zero-order chi connectivity index (χ0) is 12.5. The molecular weight excluding hydrogens is 232 g/mol. The molecule has 1 aromatic carbocycles. The van der Waals surface area contributed by atoms with E-state index >= 15 is 0 Å². The molecular formula is C14H21ClN2. The van der Waals surface area contributed by atoms with Gasteiger partial charge in [-0.2, -0.15) is 0 Å². The molecule has 1 aromatic rings. The van der Waals surface area contributed by atoms with Gasteiger partial charge in [0.1, 0.15) is 0 Å². The van der Waals surface area contributed by atoms with Gasteiger partial charge >= 0.3 is 0 Å². The van der Waals surface area contributed by atoms with Crippen LogP contribution in [0.15, 0.2) is 18.2 Å². The Labute approximate surface area is 109 Å². The van der Waals surface area contributed by atoms with Crippen molar-refractivity contribution in [1.82, 2.24) is 0 Å². The summed E-state index contributed by atoms with van der Waals surface area (Å²) in [6.45, 7) is 8.92. The molecule has 2 nitrogen and oxygen atoms in total. The molecule has 0 saturated carbocycles. The molecule has 3 heteroatoms. The fraction of sp³-hybridized carbons (Fsp3) is 0.571. The third-order valence-electron chi connectivity index (χ3n) is 3.05. The summed E-state index contributed by atoms with van der Waals surface area (Å²) in [4.78, 5) is 0. The molecule has 0 aromatic heterocycles. The number of benzene rings is 1. The van der Waals surface area contributed by atoms with Crippen LogP contribution in [0, 0.1) is 11.3 Å². The molecule has 0 fully saturated rings. The van der Waals surface area contributed by atoms with Gasteiger partial charge in [0.25, 0.3) is 0 Å². The Hall–Kier alpha value is -0.890. The molecule has 0 saturated heterocycles. The summed E-state index contributed by atoms with van der Waals surface area (Å²) < 4.78 is 0. The van der Waals surface area contributed by atoms with Crippen LogP contribution < -0.4 is 10.6 Å². The summed E-state index contributed by atoms with van der Waals surface area (Å²) >= 11 is 6.01. The average Bonchev–Trinajstić information content (AvgIpc) is 2.39. The van der Waals surface area contributed by atoms with Gasteiger partial charge in [0.2, 0.25) is 0 Å². The molecule has 0 bridgehead atoms. The lowest BCUT2D eigenvalue weighted by Gasteiger charge is -2.25. The summed E-state index contributed by atoms with van der Waals surface area (Å²) in [6.07, 6.45) is 1.22. The highest BCUT2D eigenvalue weighted by Gasteiger charge is 2.21. The fourth-order valence-corrected chi connectivity index (χ4v) is 2.58. The zero-order valence-corrected chi connectivity index (χ0v) is 11.6. The van der Waals surface area contributed by atoms with Gasteiger partial charge in [-0.05, 0) is 36.0 Å². The van der Waals surface area contributed by atoms with E-state index in [1.807, 2.05) is 18.2 Å². The molecule has 1 unspecified atom stereocenters. The van der Waals surface area contributed by atoms with Crippen LogP contribution in [0.2, 0.25) is 5.02 Å². The summed E-state index contributed by atoms with van der Waals surface area (Å²) in [7, 11) is 0. The second kappa shape index (κ2) is 4.77. The minimum atomic E-state index is 0.377. The van der Waals surface area contributed by atoms with Gasteiger partial charge in [-0.1, -0.05) is 32.4 Å².